The summed E-state index contributed by atoms with van der Waals surface area (Å²) < 4.78 is 11.1. The van der Waals surface area contributed by atoms with Crippen molar-refractivity contribution in [3.05, 3.63) is 170 Å². The van der Waals surface area contributed by atoms with Gasteiger partial charge in [-0.1, -0.05) is 133 Å². The van der Waals surface area contributed by atoms with Crippen LogP contribution < -0.4 is 0 Å². The number of nitrogens with zero attached hydrogens (tertiary/aromatic N) is 6. The molecule has 0 fully saturated rings. The Kier molecular flexibility index (Phi) is 6.42. The summed E-state index contributed by atoms with van der Waals surface area (Å²) >= 11 is 0. The molecule has 53 heavy (non-hydrogen) atoms. The van der Waals surface area contributed by atoms with Crippen LogP contribution in [0.3, 0.4) is 0 Å². The number of fused-ring (bicyclic) bond motifs is 8. The van der Waals surface area contributed by atoms with Gasteiger partial charge in [0.25, 0.3) is 0 Å². The third-order valence-electron chi connectivity index (χ3n) is 9.98. The van der Waals surface area contributed by atoms with Gasteiger partial charge in [-0.05, 0) is 36.4 Å². The van der Waals surface area contributed by atoms with Crippen molar-refractivity contribution < 1.29 is 4.42 Å². The molecule has 4 heterocycles. The van der Waals surface area contributed by atoms with E-state index in [1.807, 2.05) is 91.0 Å². The van der Waals surface area contributed by atoms with E-state index < -0.39 is 0 Å². The van der Waals surface area contributed by atoms with Crippen molar-refractivity contribution in [2.24, 2.45) is 0 Å². The van der Waals surface area contributed by atoms with Gasteiger partial charge in [0.15, 0.2) is 17.2 Å². The number of hydrogen-bond donors (Lipinski definition) is 0. The molecule has 7 aromatic carbocycles. The fourth-order valence-corrected chi connectivity index (χ4v) is 7.57. The van der Waals surface area contributed by atoms with Crippen LogP contribution in [0.5, 0.6) is 0 Å². The van der Waals surface area contributed by atoms with Crippen LogP contribution in [-0.4, -0.2) is 29.1 Å². The molecule has 0 amide bonds. The Morgan fingerprint density at radius 3 is 1.68 bits per heavy atom. The van der Waals surface area contributed by atoms with Crippen molar-refractivity contribution in [3.63, 3.8) is 0 Å². The van der Waals surface area contributed by atoms with E-state index in [9.17, 15) is 0 Å². The van der Waals surface area contributed by atoms with Crippen molar-refractivity contribution >= 4 is 54.8 Å². The molecule has 0 N–H and O–H groups in total. The minimum Gasteiger partial charge on any atom is -0.454 e. The van der Waals surface area contributed by atoms with Crippen LogP contribution in [0, 0.1) is 0 Å². The van der Waals surface area contributed by atoms with Crippen LogP contribution in [0.2, 0.25) is 0 Å². The molecule has 11 rings (SSSR count). The lowest BCUT2D eigenvalue weighted by atomic mass is 10.1. The van der Waals surface area contributed by atoms with Gasteiger partial charge in [0.1, 0.15) is 16.9 Å². The fraction of sp³-hybridized carbons (Fsp3) is 0. The van der Waals surface area contributed by atoms with Crippen LogP contribution in [0.25, 0.3) is 101 Å². The summed E-state index contributed by atoms with van der Waals surface area (Å²) in [5, 5.41) is 4.15. The normalized spacial score (nSPS) is 11.8. The van der Waals surface area contributed by atoms with Gasteiger partial charge in [-0.2, -0.15) is 9.97 Å². The summed E-state index contributed by atoms with van der Waals surface area (Å²) in [5.74, 6) is 2.53. The fourth-order valence-electron chi connectivity index (χ4n) is 7.57. The molecule has 0 aliphatic carbocycles. The molecule has 0 saturated carbocycles. The predicted octanol–water partition coefficient (Wildman–Crippen LogP) is 11.2. The second kappa shape index (κ2) is 11.6. The first-order valence-corrected chi connectivity index (χ1v) is 17.6. The lowest BCUT2D eigenvalue weighted by Crippen LogP contribution is -2.06. The molecule has 248 valence electrons. The van der Waals surface area contributed by atoms with Crippen LogP contribution in [-0.2, 0) is 0 Å². The number of hydrogen-bond acceptors (Lipinski definition) is 5. The molecule has 7 nitrogen and oxygen atoms in total. The Hall–Kier alpha value is -7.38. The molecule has 7 heteroatoms. The summed E-state index contributed by atoms with van der Waals surface area (Å²) in [6, 6.07) is 57.9. The summed E-state index contributed by atoms with van der Waals surface area (Å²) in [5.41, 5.74) is 9.13. The standard InChI is InChI=1S/C46H28N6O/c1-5-15-29(16-6-1)43-48-44(30-17-7-2-8-18-30)50-46(49-43)52-38-28-37-39(51(32-21-11-4-12-22-32)45(47-37)31-19-9-3-10-20-31)27-36(38)34-25-26-35-33-23-13-14-24-40(33)53-42(35)41(34)52/h1-28H. The minimum absolute atomic E-state index is 0.496. The van der Waals surface area contributed by atoms with Gasteiger partial charge in [0.2, 0.25) is 5.95 Å². The first-order valence-electron chi connectivity index (χ1n) is 17.6. The summed E-state index contributed by atoms with van der Waals surface area (Å²) in [6.07, 6.45) is 0. The lowest BCUT2D eigenvalue weighted by molar-refractivity contribution is 0.670. The number of imidazole rings is 1. The van der Waals surface area contributed by atoms with Crippen LogP contribution in [0.15, 0.2) is 174 Å². The van der Waals surface area contributed by atoms with Crippen LogP contribution >= 0.6 is 0 Å². The monoisotopic (exact) mass is 680 g/mol. The molecule has 0 radical (unpaired) electrons. The Balaban J connectivity index is 1.30. The van der Waals surface area contributed by atoms with Gasteiger partial charge in [-0.15, -0.1) is 0 Å². The quantitative estimate of drug-likeness (QED) is 0.181. The number of para-hydroxylation sites is 2. The third-order valence-corrected chi connectivity index (χ3v) is 9.98. The first kappa shape index (κ1) is 29.4. The molecular formula is C46H28N6O. The van der Waals surface area contributed by atoms with Crippen LogP contribution in [0.4, 0.5) is 0 Å². The van der Waals surface area contributed by atoms with E-state index in [0.717, 1.165) is 83.0 Å². The lowest BCUT2D eigenvalue weighted by Gasteiger charge is -2.11. The van der Waals surface area contributed by atoms with Crippen molar-refractivity contribution in [2.45, 2.75) is 0 Å². The number of aromatic nitrogens is 6. The minimum atomic E-state index is 0.496. The van der Waals surface area contributed by atoms with Crippen molar-refractivity contribution in [1.82, 2.24) is 29.1 Å². The average molecular weight is 681 g/mol. The molecule has 0 atom stereocenters. The van der Waals surface area contributed by atoms with E-state index in [2.05, 4.69) is 88.0 Å². The van der Waals surface area contributed by atoms with E-state index in [0.29, 0.717) is 17.6 Å². The van der Waals surface area contributed by atoms with Gasteiger partial charge in [0, 0.05) is 43.9 Å². The van der Waals surface area contributed by atoms with Gasteiger partial charge in [-0.25, -0.2) is 9.97 Å². The Bertz CT molecular complexity index is 3090. The maximum absolute atomic E-state index is 6.72. The molecule has 4 aromatic heterocycles. The zero-order valence-electron chi connectivity index (χ0n) is 28.3. The molecule has 0 aliphatic heterocycles. The largest absolute Gasteiger partial charge is 0.454 e. The smallest absolute Gasteiger partial charge is 0.238 e. The second-order valence-corrected chi connectivity index (χ2v) is 13.1. The maximum atomic E-state index is 6.72. The summed E-state index contributed by atoms with van der Waals surface area (Å²) in [6.45, 7) is 0. The molecule has 0 bridgehead atoms. The van der Waals surface area contributed by atoms with E-state index in [1.165, 1.54) is 0 Å². The highest BCUT2D eigenvalue weighted by atomic mass is 16.3. The zero-order chi connectivity index (χ0) is 34.9. The van der Waals surface area contributed by atoms with E-state index in [1.54, 1.807) is 0 Å². The summed E-state index contributed by atoms with van der Waals surface area (Å²) in [4.78, 5) is 20.7. The number of furan rings is 1. The predicted molar refractivity (Wildman–Crippen MR) is 212 cm³/mol. The second-order valence-electron chi connectivity index (χ2n) is 13.1. The highest BCUT2D eigenvalue weighted by Crippen LogP contribution is 2.42. The molecule has 0 spiro atoms. The van der Waals surface area contributed by atoms with Crippen molar-refractivity contribution in [1.29, 1.82) is 0 Å². The van der Waals surface area contributed by atoms with Gasteiger partial charge >= 0.3 is 0 Å². The van der Waals surface area contributed by atoms with E-state index in [4.69, 9.17) is 24.4 Å². The van der Waals surface area contributed by atoms with E-state index >= 15 is 0 Å². The molecule has 0 aliphatic rings. The van der Waals surface area contributed by atoms with Gasteiger partial charge in [0.05, 0.1) is 16.6 Å². The third kappa shape index (κ3) is 4.61. The average Bonchev–Trinajstić information content (AvgIpc) is 3.90. The number of benzene rings is 7. The van der Waals surface area contributed by atoms with Crippen LogP contribution in [0.1, 0.15) is 0 Å². The van der Waals surface area contributed by atoms with E-state index in [-0.39, 0.29) is 0 Å². The van der Waals surface area contributed by atoms with Crippen molar-refractivity contribution in [3.8, 4) is 45.8 Å². The van der Waals surface area contributed by atoms with Gasteiger partial charge < -0.3 is 4.42 Å². The number of rotatable bonds is 5. The highest BCUT2D eigenvalue weighted by Gasteiger charge is 2.24. The maximum Gasteiger partial charge on any atom is 0.238 e. The molecule has 11 aromatic rings. The van der Waals surface area contributed by atoms with Crippen molar-refractivity contribution in [2.75, 3.05) is 0 Å². The molecule has 0 saturated heterocycles. The summed E-state index contributed by atoms with van der Waals surface area (Å²) in [7, 11) is 0. The molecular weight excluding hydrogens is 653 g/mol. The Labute approximate surface area is 303 Å². The first-order chi connectivity index (χ1) is 26.3. The molecule has 0 unspecified atom stereocenters. The SMILES string of the molecule is c1ccc(-c2nc(-c3ccccc3)nc(-n3c4cc5nc(-c6ccccc6)n(-c6ccccc6)c5cc4c4ccc5c6ccccc6oc5c43)n2)cc1. The Morgan fingerprint density at radius 2 is 1.00 bits per heavy atom. The van der Waals surface area contributed by atoms with Gasteiger partial charge in [-0.3, -0.25) is 9.13 Å². The topological polar surface area (TPSA) is 74.6 Å². The highest BCUT2D eigenvalue weighted by molar-refractivity contribution is 6.22. The zero-order valence-corrected chi connectivity index (χ0v) is 28.3. The Morgan fingerprint density at radius 1 is 0.415 bits per heavy atom.